The van der Waals surface area contributed by atoms with Gasteiger partial charge >= 0.3 is 0 Å². The summed E-state index contributed by atoms with van der Waals surface area (Å²) in [5, 5.41) is 2.47. The molecule has 1 atom stereocenters. The van der Waals surface area contributed by atoms with Crippen LogP contribution in [0.4, 0.5) is 0 Å². The maximum absolute atomic E-state index is 12.2. The number of carbonyl (C=O) groups excluding carboxylic acids is 1. The molecule has 0 spiro atoms. The van der Waals surface area contributed by atoms with Crippen LogP contribution in [0.2, 0.25) is 10.0 Å². The van der Waals surface area contributed by atoms with Crippen molar-refractivity contribution in [2.75, 3.05) is 13.7 Å². The number of amides is 1. The molecular formula is C12H14Cl3NO4S. The van der Waals surface area contributed by atoms with E-state index < -0.39 is 19.9 Å². The third kappa shape index (κ3) is 5.00. The summed E-state index contributed by atoms with van der Waals surface area (Å²) in [4.78, 5) is 11.8. The van der Waals surface area contributed by atoms with Crippen LogP contribution >= 0.6 is 33.9 Å². The van der Waals surface area contributed by atoms with Gasteiger partial charge in [0.1, 0.15) is 4.90 Å². The minimum Gasteiger partial charge on any atom is -0.383 e. The zero-order valence-corrected chi connectivity index (χ0v) is 14.4. The molecule has 0 aromatic heterocycles. The summed E-state index contributed by atoms with van der Waals surface area (Å²) in [7, 11) is 2.68. The molecule has 0 heterocycles. The number of rotatable bonds is 6. The van der Waals surface area contributed by atoms with Crippen LogP contribution in [0.15, 0.2) is 17.0 Å². The molecular weight excluding hydrogens is 361 g/mol. The second-order valence-corrected chi connectivity index (χ2v) is 7.59. The molecule has 1 aromatic carbocycles. The molecule has 0 saturated heterocycles. The summed E-state index contributed by atoms with van der Waals surface area (Å²) >= 11 is 11.8. The van der Waals surface area contributed by atoms with Crippen molar-refractivity contribution < 1.29 is 17.9 Å². The second kappa shape index (κ2) is 7.65. The summed E-state index contributed by atoms with van der Waals surface area (Å²) in [5.41, 5.74) is -0.0575. The number of ether oxygens (including phenoxy) is 1. The molecule has 0 fully saturated rings. The predicted octanol–water partition coefficient (Wildman–Crippen LogP) is 3.08. The van der Waals surface area contributed by atoms with Crippen molar-refractivity contribution in [3.05, 3.63) is 27.7 Å². The van der Waals surface area contributed by atoms with Gasteiger partial charge in [-0.05, 0) is 18.6 Å². The van der Waals surface area contributed by atoms with Crippen LogP contribution in [0.1, 0.15) is 23.7 Å². The molecule has 0 radical (unpaired) electrons. The van der Waals surface area contributed by atoms with E-state index in [2.05, 4.69) is 5.32 Å². The lowest BCUT2D eigenvalue weighted by molar-refractivity contribution is 0.0894. The molecule has 0 saturated carbocycles. The van der Waals surface area contributed by atoms with Gasteiger partial charge < -0.3 is 10.1 Å². The summed E-state index contributed by atoms with van der Waals surface area (Å²) in [6.07, 6.45) is 0.637. The first-order chi connectivity index (χ1) is 9.70. The second-order valence-electron chi connectivity index (χ2n) is 4.24. The molecule has 0 aliphatic heterocycles. The Kier molecular flexibility index (Phi) is 6.74. The lowest BCUT2D eigenvalue weighted by Crippen LogP contribution is -2.37. The summed E-state index contributed by atoms with van der Waals surface area (Å²) in [5.74, 6) is -0.548. The van der Waals surface area contributed by atoms with Crippen LogP contribution in [0.5, 0.6) is 0 Å². The van der Waals surface area contributed by atoms with Gasteiger partial charge in [-0.3, -0.25) is 4.79 Å². The van der Waals surface area contributed by atoms with E-state index in [-0.39, 0.29) is 21.7 Å². The van der Waals surface area contributed by atoms with Gasteiger partial charge in [-0.1, -0.05) is 30.1 Å². The Bertz CT molecular complexity index is 634. The van der Waals surface area contributed by atoms with Crippen molar-refractivity contribution >= 4 is 48.8 Å². The first kappa shape index (κ1) is 18.5. The standard InChI is InChI=1S/C12H14Cl3NO4S/c1-3-8(6-20-2)16-12(17)9-4-7(13)5-10(11(9)14)21(15,18)19/h4-5,8H,3,6H2,1-2H3,(H,16,17). The highest BCUT2D eigenvalue weighted by molar-refractivity contribution is 8.13. The quantitative estimate of drug-likeness (QED) is 0.777. The highest BCUT2D eigenvalue weighted by Crippen LogP contribution is 2.31. The van der Waals surface area contributed by atoms with Gasteiger partial charge in [0, 0.05) is 22.8 Å². The van der Waals surface area contributed by atoms with Crippen molar-refractivity contribution in [2.45, 2.75) is 24.3 Å². The van der Waals surface area contributed by atoms with E-state index in [1.165, 1.54) is 13.2 Å². The van der Waals surface area contributed by atoms with Crippen LogP contribution in [0.25, 0.3) is 0 Å². The van der Waals surface area contributed by atoms with E-state index in [9.17, 15) is 13.2 Å². The SMILES string of the molecule is CCC(COC)NC(=O)c1cc(Cl)cc(S(=O)(=O)Cl)c1Cl. The van der Waals surface area contributed by atoms with E-state index in [0.717, 1.165) is 6.07 Å². The van der Waals surface area contributed by atoms with Crippen LogP contribution < -0.4 is 5.32 Å². The minimum absolute atomic E-state index is 0.0450. The number of halogens is 3. The highest BCUT2D eigenvalue weighted by Gasteiger charge is 2.23. The van der Waals surface area contributed by atoms with Crippen molar-refractivity contribution in [3.63, 3.8) is 0 Å². The lowest BCUT2D eigenvalue weighted by atomic mass is 10.1. The molecule has 0 bridgehead atoms. The van der Waals surface area contributed by atoms with E-state index in [4.69, 9.17) is 38.6 Å². The molecule has 9 heteroatoms. The maximum Gasteiger partial charge on any atom is 0.262 e. The maximum atomic E-state index is 12.2. The molecule has 1 rings (SSSR count). The number of benzene rings is 1. The molecule has 21 heavy (non-hydrogen) atoms. The van der Waals surface area contributed by atoms with E-state index in [1.807, 2.05) is 6.92 Å². The first-order valence-corrected chi connectivity index (χ1v) is 9.00. The van der Waals surface area contributed by atoms with Crippen LogP contribution in [0, 0.1) is 0 Å². The van der Waals surface area contributed by atoms with E-state index in [1.54, 1.807) is 0 Å². The van der Waals surface area contributed by atoms with Gasteiger partial charge in [-0.25, -0.2) is 8.42 Å². The Balaban J connectivity index is 3.19. The smallest absolute Gasteiger partial charge is 0.262 e. The van der Waals surface area contributed by atoms with Gasteiger partial charge in [-0.15, -0.1) is 0 Å². The van der Waals surface area contributed by atoms with Crippen molar-refractivity contribution in [2.24, 2.45) is 0 Å². The Morgan fingerprint density at radius 1 is 1.38 bits per heavy atom. The molecule has 1 N–H and O–H groups in total. The normalized spacial score (nSPS) is 13.0. The average Bonchev–Trinajstić information content (AvgIpc) is 2.39. The van der Waals surface area contributed by atoms with E-state index in [0.29, 0.717) is 13.0 Å². The number of methoxy groups -OCH3 is 1. The third-order valence-electron chi connectivity index (χ3n) is 2.71. The topological polar surface area (TPSA) is 72.5 Å². The number of carbonyl (C=O) groups is 1. The van der Waals surface area contributed by atoms with Crippen molar-refractivity contribution in [3.8, 4) is 0 Å². The number of nitrogens with one attached hydrogen (secondary N) is 1. The largest absolute Gasteiger partial charge is 0.383 e. The summed E-state index contributed by atoms with van der Waals surface area (Å²) < 4.78 is 27.8. The van der Waals surface area contributed by atoms with Crippen LogP contribution in [-0.2, 0) is 13.8 Å². The highest BCUT2D eigenvalue weighted by atomic mass is 35.7. The Morgan fingerprint density at radius 3 is 2.48 bits per heavy atom. The predicted molar refractivity (Wildman–Crippen MR) is 82.9 cm³/mol. The fourth-order valence-electron chi connectivity index (χ4n) is 1.63. The van der Waals surface area contributed by atoms with Crippen molar-refractivity contribution in [1.29, 1.82) is 0 Å². The third-order valence-corrected chi connectivity index (χ3v) is 4.79. The van der Waals surface area contributed by atoms with Crippen LogP contribution in [0.3, 0.4) is 0 Å². The Labute approximate surface area is 137 Å². The minimum atomic E-state index is -4.11. The molecule has 0 aliphatic rings. The zero-order valence-electron chi connectivity index (χ0n) is 11.3. The molecule has 1 unspecified atom stereocenters. The van der Waals surface area contributed by atoms with Gasteiger partial charge in [0.2, 0.25) is 0 Å². The molecule has 1 amide bonds. The number of hydrogen-bond acceptors (Lipinski definition) is 4. The first-order valence-electron chi connectivity index (χ1n) is 5.94. The van der Waals surface area contributed by atoms with E-state index >= 15 is 0 Å². The molecule has 118 valence electrons. The molecule has 5 nitrogen and oxygen atoms in total. The fraction of sp³-hybridized carbons (Fsp3) is 0.417. The van der Waals surface area contributed by atoms with Gasteiger partial charge in [0.25, 0.3) is 15.0 Å². The van der Waals surface area contributed by atoms with Gasteiger partial charge in [0.15, 0.2) is 0 Å². The molecule has 1 aromatic rings. The number of hydrogen-bond donors (Lipinski definition) is 1. The monoisotopic (exact) mass is 373 g/mol. The van der Waals surface area contributed by atoms with Gasteiger partial charge in [0.05, 0.1) is 23.2 Å². The van der Waals surface area contributed by atoms with Crippen molar-refractivity contribution in [1.82, 2.24) is 5.32 Å². The Hall–Kier alpha value is -0.530. The molecule has 0 aliphatic carbocycles. The summed E-state index contributed by atoms with van der Waals surface area (Å²) in [6, 6.07) is 2.15. The zero-order chi connectivity index (χ0) is 16.2. The van der Waals surface area contributed by atoms with Crippen LogP contribution in [-0.4, -0.2) is 34.1 Å². The fourth-order valence-corrected chi connectivity index (χ4v) is 3.49. The average molecular weight is 375 g/mol. The lowest BCUT2D eigenvalue weighted by Gasteiger charge is -2.17. The summed E-state index contributed by atoms with van der Waals surface area (Å²) in [6.45, 7) is 2.19. The van der Waals surface area contributed by atoms with Gasteiger partial charge in [-0.2, -0.15) is 0 Å². The Morgan fingerprint density at radius 2 is 2.00 bits per heavy atom.